The average Bonchev–Trinajstić information content (AvgIpc) is 2.80. The largest absolute Gasteiger partial charge is 0.493 e. The molecule has 0 aliphatic carbocycles. The Morgan fingerprint density at radius 1 is 0.939 bits per heavy atom. The highest BCUT2D eigenvalue weighted by molar-refractivity contribution is 7.89. The standard InChI is InChI=1S/C19H23ClN2O4S.C2H2O4/c1-25-18-5-3-4-15(19(18)26-2)14-21-10-12-22(13-11-21)27(23,24)17-8-6-16(20)7-9-17;3-1(4)2(5)6/h3-9H,10-14H2,1-2H3;(H,3,4)(H,5,6). The number of para-hydroxylation sites is 1. The summed E-state index contributed by atoms with van der Waals surface area (Å²) >= 11 is 5.86. The summed E-state index contributed by atoms with van der Waals surface area (Å²) in [6, 6.07) is 12.1. The molecule has 0 amide bonds. The molecular weight excluding hydrogens is 476 g/mol. The summed E-state index contributed by atoms with van der Waals surface area (Å²) in [7, 11) is -0.259. The molecule has 1 heterocycles. The molecule has 180 valence electrons. The topological polar surface area (TPSA) is 134 Å². The van der Waals surface area contributed by atoms with Crippen molar-refractivity contribution in [3.8, 4) is 11.5 Å². The number of carbonyl (C=O) groups is 2. The van der Waals surface area contributed by atoms with Gasteiger partial charge in [-0.3, -0.25) is 4.90 Å². The molecule has 0 spiro atoms. The van der Waals surface area contributed by atoms with Crippen LogP contribution in [0.15, 0.2) is 47.4 Å². The van der Waals surface area contributed by atoms with Gasteiger partial charge in [0.1, 0.15) is 0 Å². The molecule has 1 aliphatic rings. The summed E-state index contributed by atoms with van der Waals surface area (Å²) in [5, 5.41) is 15.3. The SMILES string of the molecule is COc1cccc(CN2CCN(S(=O)(=O)c3ccc(Cl)cc3)CC2)c1OC.O=C(O)C(=O)O. The number of nitrogens with zero attached hydrogens (tertiary/aromatic N) is 2. The Kier molecular flexibility index (Phi) is 9.47. The van der Waals surface area contributed by atoms with Gasteiger partial charge in [0.15, 0.2) is 11.5 Å². The lowest BCUT2D eigenvalue weighted by atomic mass is 10.1. The molecule has 3 rings (SSSR count). The van der Waals surface area contributed by atoms with Crippen molar-refractivity contribution in [1.29, 1.82) is 0 Å². The van der Waals surface area contributed by atoms with Crippen molar-refractivity contribution < 1.29 is 37.7 Å². The third-order valence-corrected chi connectivity index (χ3v) is 7.01. The third-order valence-electron chi connectivity index (χ3n) is 4.84. The molecule has 1 fully saturated rings. The number of aliphatic carboxylic acids is 2. The van der Waals surface area contributed by atoms with Gasteiger partial charge in [-0.25, -0.2) is 18.0 Å². The molecule has 10 nitrogen and oxygen atoms in total. The summed E-state index contributed by atoms with van der Waals surface area (Å²) in [5.74, 6) is -2.24. The predicted octanol–water partition coefficient (Wildman–Crippen LogP) is 2.02. The van der Waals surface area contributed by atoms with Gasteiger partial charge in [0.05, 0.1) is 19.1 Å². The Hall–Kier alpha value is -2.86. The lowest BCUT2D eigenvalue weighted by Crippen LogP contribution is -2.48. The zero-order chi connectivity index (χ0) is 24.6. The summed E-state index contributed by atoms with van der Waals surface area (Å²) in [6.07, 6.45) is 0. The number of hydrogen-bond acceptors (Lipinski definition) is 7. The molecule has 0 atom stereocenters. The minimum Gasteiger partial charge on any atom is -0.493 e. The summed E-state index contributed by atoms with van der Waals surface area (Å²) in [4.78, 5) is 20.7. The van der Waals surface area contributed by atoms with Crippen molar-refractivity contribution in [2.45, 2.75) is 11.4 Å². The second-order valence-corrected chi connectivity index (χ2v) is 9.27. The first kappa shape index (κ1) is 26.4. The van der Waals surface area contributed by atoms with Crippen molar-refractivity contribution in [2.24, 2.45) is 0 Å². The average molecular weight is 501 g/mol. The van der Waals surface area contributed by atoms with E-state index in [0.717, 1.165) is 11.3 Å². The van der Waals surface area contributed by atoms with Crippen LogP contribution in [0.2, 0.25) is 5.02 Å². The third kappa shape index (κ3) is 7.06. The van der Waals surface area contributed by atoms with Crippen LogP contribution in [0.1, 0.15) is 5.56 Å². The predicted molar refractivity (Wildman–Crippen MR) is 120 cm³/mol. The van der Waals surface area contributed by atoms with E-state index in [1.165, 1.54) is 4.31 Å². The first-order valence-corrected chi connectivity index (χ1v) is 11.6. The fraction of sp³-hybridized carbons (Fsp3) is 0.333. The van der Waals surface area contributed by atoms with E-state index in [-0.39, 0.29) is 4.90 Å². The summed E-state index contributed by atoms with van der Waals surface area (Å²) in [5.41, 5.74) is 1.02. The smallest absolute Gasteiger partial charge is 0.414 e. The maximum absolute atomic E-state index is 12.8. The van der Waals surface area contributed by atoms with Crippen molar-refractivity contribution >= 4 is 33.6 Å². The first-order chi connectivity index (χ1) is 15.6. The van der Waals surface area contributed by atoms with Gasteiger partial charge >= 0.3 is 11.9 Å². The minimum atomic E-state index is -3.50. The zero-order valence-electron chi connectivity index (χ0n) is 18.1. The molecular formula is C21H25ClN2O8S. The Balaban J connectivity index is 0.000000569. The van der Waals surface area contributed by atoms with Gasteiger partial charge < -0.3 is 19.7 Å². The number of ether oxygens (including phenoxy) is 2. The molecule has 1 saturated heterocycles. The Morgan fingerprint density at radius 3 is 2.00 bits per heavy atom. The number of carboxylic acid groups (broad SMARTS) is 2. The zero-order valence-corrected chi connectivity index (χ0v) is 19.7. The number of benzene rings is 2. The summed E-state index contributed by atoms with van der Waals surface area (Å²) in [6.45, 7) is 2.85. The second kappa shape index (κ2) is 11.8. The van der Waals surface area contributed by atoms with E-state index >= 15 is 0 Å². The number of carboxylic acids is 2. The van der Waals surface area contributed by atoms with E-state index in [1.54, 1.807) is 38.5 Å². The van der Waals surface area contributed by atoms with Crippen LogP contribution in [0, 0.1) is 0 Å². The first-order valence-electron chi connectivity index (χ1n) is 9.74. The molecule has 33 heavy (non-hydrogen) atoms. The Bertz CT molecular complexity index is 1060. The highest BCUT2D eigenvalue weighted by Crippen LogP contribution is 2.31. The molecule has 2 N–H and O–H groups in total. The number of rotatable bonds is 6. The maximum Gasteiger partial charge on any atom is 0.414 e. The Morgan fingerprint density at radius 2 is 1.52 bits per heavy atom. The van der Waals surface area contributed by atoms with Gasteiger partial charge in [0, 0.05) is 43.3 Å². The molecule has 0 unspecified atom stereocenters. The van der Waals surface area contributed by atoms with E-state index in [2.05, 4.69) is 4.90 Å². The van der Waals surface area contributed by atoms with Crippen LogP contribution in [-0.4, -0.2) is 80.2 Å². The van der Waals surface area contributed by atoms with Crippen molar-refractivity contribution in [1.82, 2.24) is 9.21 Å². The van der Waals surface area contributed by atoms with Crippen molar-refractivity contribution in [2.75, 3.05) is 40.4 Å². The second-order valence-electron chi connectivity index (χ2n) is 6.90. The van der Waals surface area contributed by atoms with Gasteiger partial charge in [-0.1, -0.05) is 23.7 Å². The number of halogens is 1. The molecule has 2 aromatic carbocycles. The van der Waals surface area contributed by atoms with Crippen LogP contribution < -0.4 is 9.47 Å². The number of sulfonamides is 1. The van der Waals surface area contributed by atoms with Crippen LogP contribution in [0.25, 0.3) is 0 Å². The van der Waals surface area contributed by atoms with E-state index in [0.29, 0.717) is 43.5 Å². The van der Waals surface area contributed by atoms with E-state index < -0.39 is 22.0 Å². The van der Waals surface area contributed by atoms with Crippen LogP contribution in [0.4, 0.5) is 0 Å². The molecule has 12 heteroatoms. The van der Waals surface area contributed by atoms with Gasteiger partial charge in [0.25, 0.3) is 0 Å². The fourth-order valence-corrected chi connectivity index (χ4v) is 4.75. The van der Waals surface area contributed by atoms with Gasteiger partial charge in [0.2, 0.25) is 10.0 Å². The monoisotopic (exact) mass is 500 g/mol. The van der Waals surface area contributed by atoms with Gasteiger partial charge in [-0.2, -0.15) is 4.31 Å². The van der Waals surface area contributed by atoms with Crippen molar-refractivity contribution in [3.63, 3.8) is 0 Å². The quantitative estimate of drug-likeness (QED) is 0.571. The molecule has 0 saturated carbocycles. The highest BCUT2D eigenvalue weighted by atomic mass is 35.5. The minimum absolute atomic E-state index is 0.273. The number of methoxy groups -OCH3 is 2. The molecule has 2 aromatic rings. The lowest BCUT2D eigenvalue weighted by molar-refractivity contribution is -0.159. The van der Waals surface area contributed by atoms with Gasteiger partial charge in [-0.05, 0) is 30.3 Å². The van der Waals surface area contributed by atoms with Crippen LogP contribution in [0.5, 0.6) is 11.5 Å². The van der Waals surface area contributed by atoms with E-state index in [9.17, 15) is 8.42 Å². The fourth-order valence-electron chi connectivity index (χ4n) is 3.20. The molecule has 0 aromatic heterocycles. The normalized spacial score (nSPS) is 14.6. The van der Waals surface area contributed by atoms with E-state index in [1.807, 2.05) is 18.2 Å². The molecule has 0 bridgehead atoms. The van der Waals surface area contributed by atoms with Gasteiger partial charge in [-0.15, -0.1) is 0 Å². The Labute approximate surface area is 196 Å². The number of piperazine rings is 1. The molecule has 0 radical (unpaired) electrons. The maximum atomic E-state index is 12.8. The van der Waals surface area contributed by atoms with Crippen LogP contribution in [-0.2, 0) is 26.2 Å². The highest BCUT2D eigenvalue weighted by Gasteiger charge is 2.28. The van der Waals surface area contributed by atoms with Crippen LogP contribution >= 0.6 is 11.6 Å². The van der Waals surface area contributed by atoms with E-state index in [4.69, 9.17) is 40.9 Å². The van der Waals surface area contributed by atoms with Crippen LogP contribution in [0.3, 0.4) is 0 Å². The summed E-state index contributed by atoms with van der Waals surface area (Å²) < 4.78 is 37.9. The lowest BCUT2D eigenvalue weighted by Gasteiger charge is -2.34. The molecule has 1 aliphatic heterocycles. The van der Waals surface area contributed by atoms with Crippen molar-refractivity contribution in [3.05, 3.63) is 53.1 Å². The number of hydrogen-bond donors (Lipinski definition) is 2.